The van der Waals surface area contributed by atoms with Gasteiger partial charge in [-0.15, -0.1) is 5.10 Å². The second-order valence-electron chi connectivity index (χ2n) is 5.91. The van der Waals surface area contributed by atoms with Crippen molar-refractivity contribution in [2.45, 2.75) is 25.8 Å². The van der Waals surface area contributed by atoms with E-state index in [0.717, 1.165) is 49.5 Å². The molecule has 2 aromatic rings. The van der Waals surface area contributed by atoms with Gasteiger partial charge in [-0.05, 0) is 44.0 Å². The summed E-state index contributed by atoms with van der Waals surface area (Å²) in [5, 5.41) is 8.68. The number of hydrogen-bond donors (Lipinski definition) is 0. The van der Waals surface area contributed by atoms with Crippen LogP contribution < -0.4 is 4.74 Å². The minimum absolute atomic E-state index is 0.455. The van der Waals surface area contributed by atoms with Crippen LogP contribution in [-0.4, -0.2) is 46.6 Å². The van der Waals surface area contributed by atoms with Crippen LogP contribution in [0.4, 0.5) is 0 Å². The van der Waals surface area contributed by atoms with E-state index in [4.69, 9.17) is 4.74 Å². The first kappa shape index (κ1) is 15.7. The van der Waals surface area contributed by atoms with Crippen LogP contribution in [-0.2, 0) is 0 Å². The first-order chi connectivity index (χ1) is 11.3. The van der Waals surface area contributed by atoms with Crippen molar-refractivity contribution >= 4 is 0 Å². The number of allylic oxidation sites excluding steroid dienone is 1. The second kappa shape index (κ2) is 7.42. The molecule has 122 valence electrons. The summed E-state index contributed by atoms with van der Waals surface area (Å²) in [6.07, 6.45) is 8.65. The maximum absolute atomic E-state index is 5.19. The highest BCUT2D eigenvalue weighted by Crippen LogP contribution is 2.25. The van der Waals surface area contributed by atoms with Crippen molar-refractivity contribution in [3.05, 3.63) is 42.6 Å². The Kier molecular flexibility index (Phi) is 5.08. The molecule has 3 rings (SSSR count). The molecule has 0 amide bonds. The van der Waals surface area contributed by atoms with E-state index in [9.17, 15) is 0 Å². The number of ether oxygens (including phenoxy) is 1. The lowest BCUT2D eigenvalue weighted by Crippen LogP contribution is -2.34. The van der Waals surface area contributed by atoms with E-state index in [1.165, 1.54) is 0 Å². The van der Waals surface area contributed by atoms with E-state index in [2.05, 4.69) is 40.5 Å². The van der Waals surface area contributed by atoms with Crippen molar-refractivity contribution in [3.63, 3.8) is 0 Å². The standard InChI is InChI=1S/C18H24N4O/c1-3-4-11-21-12-9-16(10-13-21)22-14-18(19-20-22)15-5-7-17(23-2)8-6-15/h3-8,14,16H,9-13H2,1-2H3. The quantitative estimate of drug-likeness (QED) is 0.795. The van der Waals surface area contributed by atoms with Gasteiger partial charge < -0.3 is 4.74 Å². The summed E-state index contributed by atoms with van der Waals surface area (Å²) in [7, 11) is 1.67. The zero-order valence-corrected chi connectivity index (χ0v) is 13.9. The van der Waals surface area contributed by atoms with Crippen LogP contribution in [0, 0.1) is 0 Å². The van der Waals surface area contributed by atoms with E-state index < -0.39 is 0 Å². The molecule has 0 spiro atoms. The van der Waals surface area contributed by atoms with Crippen molar-refractivity contribution in [1.82, 2.24) is 19.9 Å². The van der Waals surface area contributed by atoms with E-state index in [0.29, 0.717) is 6.04 Å². The fourth-order valence-corrected chi connectivity index (χ4v) is 2.97. The van der Waals surface area contributed by atoms with Crippen LogP contribution in [0.15, 0.2) is 42.6 Å². The highest BCUT2D eigenvalue weighted by Gasteiger charge is 2.21. The van der Waals surface area contributed by atoms with E-state index >= 15 is 0 Å². The summed E-state index contributed by atoms with van der Waals surface area (Å²) in [5.41, 5.74) is 1.99. The topological polar surface area (TPSA) is 43.2 Å². The van der Waals surface area contributed by atoms with Crippen LogP contribution in [0.1, 0.15) is 25.8 Å². The molecular weight excluding hydrogens is 288 g/mol. The zero-order chi connectivity index (χ0) is 16.1. The molecule has 0 aliphatic carbocycles. The van der Waals surface area contributed by atoms with Crippen LogP contribution in [0.5, 0.6) is 5.75 Å². The number of aromatic nitrogens is 3. The zero-order valence-electron chi connectivity index (χ0n) is 13.9. The lowest BCUT2D eigenvalue weighted by molar-refractivity contribution is 0.194. The molecule has 2 heterocycles. The third-order valence-electron chi connectivity index (χ3n) is 4.43. The minimum atomic E-state index is 0.455. The monoisotopic (exact) mass is 312 g/mol. The highest BCUT2D eigenvalue weighted by molar-refractivity contribution is 5.58. The van der Waals surface area contributed by atoms with Crippen LogP contribution in [0.25, 0.3) is 11.3 Å². The molecule has 0 bridgehead atoms. The third kappa shape index (κ3) is 3.79. The second-order valence-corrected chi connectivity index (χ2v) is 5.91. The molecule has 0 atom stereocenters. The fourth-order valence-electron chi connectivity index (χ4n) is 2.97. The molecule has 0 radical (unpaired) electrons. The van der Waals surface area contributed by atoms with Crippen LogP contribution in [0.2, 0.25) is 0 Å². The Morgan fingerprint density at radius 3 is 2.61 bits per heavy atom. The lowest BCUT2D eigenvalue weighted by atomic mass is 10.1. The fraction of sp³-hybridized carbons (Fsp3) is 0.444. The van der Waals surface area contributed by atoms with Gasteiger partial charge in [0.2, 0.25) is 0 Å². The van der Waals surface area contributed by atoms with Crippen molar-refractivity contribution in [1.29, 1.82) is 0 Å². The van der Waals surface area contributed by atoms with Crippen molar-refractivity contribution in [2.24, 2.45) is 0 Å². The first-order valence-electron chi connectivity index (χ1n) is 8.20. The summed E-state index contributed by atoms with van der Waals surface area (Å²) in [4.78, 5) is 2.48. The number of hydrogen-bond acceptors (Lipinski definition) is 4. The number of likely N-dealkylation sites (tertiary alicyclic amines) is 1. The van der Waals surface area contributed by atoms with Gasteiger partial charge in [0.05, 0.1) is 19.3 Å². The Bertz CT molecular complexity index is 639. The molecular formula is C18H24N4O. The van der Waals surface area contributed by atoms with Gasteiger partial charge in [0.1, 0.15) is 11.4 Å². The molecule has 1 aromatic heterocycles. The molecule has 0 N–H and O–H groups in total. The molecule has 1 saturated heterocycles. The van der Waals surface area contributed by atoms with Crippen molar-refractivity contribution in [3.8, 4) is 17.0 Å². The molecule has 1 aromatic carbocycles. The third-order valence-corrected chi connectivity index (χ3v) is 4.43. The Balaban J connectivity index is 1.63. The average Bonchev–Trinajstić information content (AvgIpc) is 3.10. The van der Waals surface area contributed by atoms with Gasteiger partial charge >= 0.3 is 0 Å². The molecule has 0 unspecified atom stereocenters. The van der Waals surface area contributed by atoms with E-state index in [1.54, 1.807) is 7.11 Å². The predicted molar refractivity (Wildman–Crippen MR) is 91.5 cm³/mol. The molecule has 0 saturated carbocycles. The average molecular weight is 312 g/mol. The maximum atomic E-state index is 5.19. The van der Waals surface area contributed by atoms with Gasteiger partial charge in [-0.1, -0.05) is 17.4 Å². The molecule has 5 heteroatoms. The van der Waals surface area contributed by atoms with Crippen molar-refractivity contribution in [2.75, 3.05) is 26.7 Å². The minimum Gasteiger partial charge on any atom is -0.497 e. The summed E-state index contributed by atoms with van der Waals surface area (Å²) in [5.74, 6) is 0.856. The molecule has 5 nitrogen and oxygen atoms in total. The smallest absolute Gasteiger partial charge is 0.118 e. The maximum Gasteiger partial charge on any atom is 0.118 e. The molecule has 1 fully saturated rings. The van der Waals surface area contributed by atoms with Gasteiger partial charge in [0, 0.05) is 25.2 Å². The number of piperidine rings is 1. The first-order valence-corrected chi connectivity index (χ1v) is 8.20. The van der Waals surface area contributed by atoms with Gasteiger partial charge in [0.15, 0.2) is 0 Å². The number of rotatable bonds is 5. The summed E-state index contributed by atoms with van der Waals surface area (Å²) in [6, 6.07) is 8.40. The molecule has 23 heavy (non-hydrogen) atoms. The Morgan fingerprint density at radius 2 is 1.96 bits per heavy atom. The Hall–Kier alpha value is -2.14. The predicted octanol–water partition coefficient (Wildman–Crippen LogP) is 3.17. The van der Waals surface area contributed by atoms with Gasteiger partial charge in [-0.25, -0.2) is 4.68 Å². The van der Waals surface area contributed by atoms with E-state index in [-0.39, 0.29) is 0 Å². The van der Waals surface area contributed by atoms with Gasteiger partial charge in [0.25, 0.3) is 0 Å². The van der Waals surface area contributed by atoms with Crippen LogP contribution >= 0.6 is 0 Å². The van der Waals surface area contributed by atoms with E-state index in [1.807, 2.05) is 28.9 Å². The Labute approximate surface area is 137 Å². The number of nitrogens with zero attached hydrogens (tertiary/aromatic N) is 4. The number of benzene rings is 1. The Morgan fingerprint density at radius 1 is 1.22 bits per heavy atom. The lowest BCUT2D eigenvalue weighted by Gasteiger charge is -2.30. The molecule has 1 aliphatic rings. The van der Waals surface area contributed by atoms with Crippen molar-refractivity contribution < 1.29 is 4.74 Å². The summed E-state index contributed by atoms with van der Waals surface area (Å²) >= 11 is 0. The van der Waals surface area contributed by atoms with Gasteiger partial charge in [-0.3, -0.25) is 4.90 Å². The summed E-state index contributed by atoms with van der Waals surface area (Å²) < 4.78 is 7.23. The number of methoxy groups -OCH3 is 1. The highest BCUT2D eigenvalue weighted by atomic mass is 16.5. The van der Waals surface area contributed by atoms with Crippen LogP contribution in [0.3, 0.4) is 0 Å². The SMILES string of the molecule is CC=CCN1CCC(n2cc(-c3ccc(OC)cc3)nn2)CC1. The molecule has 1 aliphatic heterocycles. The normalized spacial score (nSPS) is 17.0. The largest absolute Gasteiger partial charge is 0.497 e. The van der Waals surface area contributed by atoms with Gasteiger partial charge in [-0.2, -0.15) is 0 Å². The summed E-state index contributed by atoms with van der Waals surface area (Å²) in [6.45, 7) is 5.36.